The van der Waals surface area contributed by atoms with Crippen LogP contribution in [0.1, 0.15) is 39.8 Å². The van der Waals surface area contributed by atoms with Gasteiger partial charge in [0, 0.05) is 23.5 Å². The Hall–Kier alpha value is -3.45. The zero-order valence-electron chi connectivity index (χ0n) is 21.6. The van der Waals surface area contributed by atoms with E-state index in [1.165, 1.54) is 18.2 Å². The second-order valence-corrected chi connectivity index (χ2v) is 10.4. The van der Waals surface area contributed by atoms with Crippen LogP contribution in [0.3, 0.4) is 0 Å². The zero-order valence-corrected chi connectivity index (χ0v) is 23.2. The molecular weight excluding hydrogens is 512 g/mol. The Bertz CT molecular complexity index is 1160. The van der Waals surface area contributed by atoms with Crippen molar-refractivity contribution in [3.63, 3.8) is 0 Å². The molecule has 4 rings (SSSR count). The molecular formula is C32H32O4S2. The summed E-state index contributed by atoms with van der Waals surface area (Å²) >= 11 is 3.84. The van der Waals surface area contributed by atoms with Crippen LogP contribution in [-0.4, -0.2) is 35.5 Å². The molecule has 1 atom stereocenters. The Morgan fingerprint density at radius 2 is 1.05 bits per heavy atom. The molecule has 0 aromatic heterocycles. The number of rotatable bonds is 9. The van der Waals surface area contributed by atoms with E-state index in [4.69, 9.17) is 17.0 Å². The van der Waals surface area contributed by atoms with Gasteiger partial charge in [0.15, 0.2) is 10.3 Å². The Balaban J connectivity index is 0.000000212. The molecule has 4 nitrogen and oxygen atoms in total. The molecule has 0 N–H and O–H groups in total. The molecule has 0 aliphatic rings. The summed E-state index contributed by atoms with van der Waals surface area (Å²) in [7, 11) is 2.94. The minimum absolute atomic E-state index is 0.106. The summed E-state index contributed by atoms with van der Waals surface area (Å²) < 4.78 is 22.3. The number of hydrogen-bond acceptors (Lipinski definition) is 5. The highest BCUT2D eigenvalue weighted by molar-refractivity contribution is 7.92. The normalized spacial score (nSPS) is 11.3. The molecule has 0 heterocycles. The van der Waals surface area contributed by atoms with Crippen LogP contribution in [-0.2, 0) is 25.4 Å². The molecule has 196 valence electrons. The second-order valence-electron chi connectivity index (χ2n) is 8.46. The van der Waals surface area contributed by atoms with Crippen LogP contribution < -0.4 is 0 Å². The highest BCUT2D eigenvalue weighted by atomic mass is 32.2. The molecule has 0 aliphatic heterocycles. The fourth-order valence-corrected chi connectivity index (χ4v) is 5.66. The van der Waals surface area contributed by atoms with Gasteiger partial charge in [-0.05, 0) is 34.5 Å². The van der Waals surface area contributed by atoms with Gasteiger partial charge in [0.25, 0.3) is 0 Å². The van der Waals surface area contributed by atoms with Crippen molar-refractivity contribution >= 4 is 34.4 Å². The van der Waals surface area contributed by atoms with Crippen LogP contribution in [0.2, 0.25) is 0 Å². The molecule has 0 spiro atoms. The van der Waals surface area contributed by atoms with E-state index in [-0.39, 0.29) is 16.9 Å². The molecule has 38 heavy (non-hydrogen) atoms. The molecule has 0 fully saturated rings. The fraction of sp³-hybridized carbons (Fsp3) is 0.188. The van der Waals surface area contributed by atoms with Crippen molar-refractivity contribution in [2.24, 2.45) is 0 Å². The van der Waals surface area contributed by atoms with E-state index in [1.807, 2.05) is 72.8 Å². The molecule has 0 bridgehead atoms. The van der Waals surface area contributed by atoms with Gasteiger partial charge in [-0.3, -0.25) is 0 Å². The smallest absolute Gasteiger partial charge is 0.356 e. The lowest BCUT2D eigenvalue weighted by Crippen LogP contribution is -2.24. The van der Waals surface area contributed by atoms with Gasteiger partial charge in [-0.25, -0.2) is 4.79 Å². The van der Waals surface area contributed by atoms with E-state index in [0.717, 1.165) is 17.5 Å². The Labute approximate surface area is 233 Å². The molecule has 6 heteroatoms. The van der Waals surface area contributed by atoms with Crippen LogP contribution in [0, 0.1) is 0 Å². The summed E-state index contributed by atoms with van der Waals surface area (Å²) in [6.07, 6.45) is 0.736. The molecule has 0 saturated carbocycles. The van der Waals surface area contributed by atoms with E-state index < -0.39 is 17.1 Å². The summed E-state index contributed by atoms with van der Waals surface area (Å²) in [5.74, 6) is -0.301. The maximum Gasteiger partial charge on any atom is 0.356 e. The molecule has 0 amide bonds. The number of ether oxygens (including phenoxy) is 2. The lowest BCUT2D eigenvalue weighted by molar-refractivity contribution is -0.137. The number of benzene rings is 4. The molecule has 0 saturated heterocycles. The molecule has 4 aromatic carbocycles. The van der Waals surface area contributed by atoms with Gasteiger partial charge in [0.1, 0.15) is 0 Å². The number of methoxy groups -OCH3 is 2. The van der Waals surface area contributed by atoms with E-state index in [0.29, 0.717) is 5.05 Å². The number of esters is 1. The largest absolute Gasteiger partial charge is 0.615 e. The van der Waals surface area contributed by atoms with Gasteiger partial charge >= 0.3 is 5.97 Å². The molecule has 4 aromatic rings. The third kappa shape index (κ3) is 8.84. The first-order valence-electron chi connectivity index (χ1n) is 12.2. The quantitative estimate of drug-likeness (QED) is 0.131. The van der Waals surface area contributed by atoms with E-state index in [2.05, 4.69) is 53.3 Å². The number of hydrogen-bond donors (Lipinski definition) is 0. The highest BCUT2D eigenvalue weighted by Gasteiger charge is 2.28. The third-order valence-electron chi connectivity index (χ3n) is 5.96. The van der Waals surface area contributed by atoms with Gasteiger partial charge < -0.3 is 14.0 Å². The van der Waals surface area contributed by atoms with E-state index >= 15 is 0 Å². The minimum atomic E-state index is -1.36. The van der Waals surface area contributed by atoms with Crippen LogP contribution in [0.25, 0.3) is 0 Å². The van der Waals surface area contributed by atoms with Crippen molar-refractivity contribution in [3.8, 4) is 0 Å². The van der Waals surface area contributed by atoms with E-state index in [1.54, 1.807) is 7.11 Å². The van der Waals surface area contributed by atoms with E-state index in [9.17, 15) is 9.35 Å². The molecule has 1 unspecified atom stereocenters. The maximum atomic E-state index is 12.5. The number of thiocarbonyl (C=S) groups is 1. The van der Waals surface area contributed by atoms with Crippen molar-refractivity contribution in [1.29, 1.82) is 0 Å². The van der Waals surface area contributed by atoms with Gasteiger partial charge in [-0.15, -0.1) is 0 Å². The van der Waals surface area contributed by atoms with Crippen LogP contribution in [0.4, 0.5) is 0 Å². The average Bonchev–Trinajstić information content (AvgIpc) is 2.98. The Kier molecular flexibility index (Phi) is 12.0. The maximum absolute atomic E-state index is 12.5. The predicted octanol–water partition coefficient (Wildman–Crippen LogP) is 6.88. The second kappa shape index (κ2) is 15.7. The zero-order chi connectivity index (χ0) is 27.2. The summed E-state index contributed by atoms with van der Waals surface area (Å²) in [5.41, 5.74) is 4.40. The standard InChI is InChI=1S/C16H16O3S.C16H16OS/c1-19-15(17)12-20(18)16(13-8-4-2-5-9-13)14-10-6-3-7-11-14;1-17-16(18)12-15(13-8-4-2-5-9-13)14-10-6-3-7-11-14/h2-11,16H,12H2,1H3;2-11,15H,12H2,1H3. The van der Waals surface area contributed by atoms with Crippen molar-refractivity contribution < 1.29 is 18.8 Å². The van der Waals surface area contributed by atoms with Crippen molar-refractivity contribution in [1.82, 2.24) is 0 Å². The summed E-state index contributed by atoms with van der Waals surface area (Å²) in [4.78, 5) is 11.4. The van der Waals surface area contributed by atoms with Gasteiger partial charge in [0.05, 0.1) is 14.2 Å². The van der Waals surface area contributed by atoms with Crippen LogP contribution in [0.15, 0.2) is 121 Å². The van der Waals surface area contributed by atoms with Crippen molar-refractivity contribution in [3.05, 3.63) is 144 Å². The topological polar surface area (TPSA) is 58.6 Å². The SMILES string of the molecule is COC(=O)C[S+]([O-])C(c1ccccc1)c1ccccc1.COC(=S)CC(c1ccccc1)c1ccccc1. The Morgan fingerprint density at radius 1 is 0.684 bits per heavy atom. The summed E-state index contributed by atoms with van der Waals surface area (Å²) in [5, 5.41) is 0.323. The van der Waals surface area contributed by atoms with Gasteiger partial charge in [-0.2, -0.15) is 0 Å². The fourth-order valence-electron chi connectivity index (χ4n) is 4.06. The summed E-state index contributed by atoms with van der Waals surface area (Å²) in [6.45, 7) is 0. The minimum Gasteiger partial charge on any atom is -0.615 e. The lowest BCUT2D eigenvalue weighted by atomic mass is 9.89. The summed E-state index contributed by atoms with van der Waals surface area (Å²) in [6, 6.07) is 40.0. The lowest BCUT2D eigenvalue weighted by Gasteiger charge is -2.21. The molecule has 0 radical (unpaired) electrons. The van der Waals surface area contributed by atoms with Gasteiger partial charge in [0.2, 0.25) is 5.75 Å². The Morgan fingerprint density at radius 3 is 1.39 bits per heavy atom. The predicted molar refractivity (Wildman–Crippen MR) is 159 cm³/mol. The number of carbonyl (C=O) groups excluding carboxylic acids is 1. The first-order chi connectivity index (χ1) is 18.5. The highest BCUT2D eigenvalue weighted by Crippen LogP contribution is 2.31. The van der Waals surface area contributed by atoms with Crippen LogP contribution >= 0.6 is 12.2 Å². The third-order valence-corrected chi connectivity index (χ3v) is 7.88. The van der Waals surface area contributed by atoms with Crippen molar-refractivity contribution in [2.75, 3.05) is 20.0 Å². The van der Waals surface area contributed by atoms with Crippen molar-refractivity contribution in [2.45, 2.75) is 17.6 Å². The molecule has 0 aliphatic carbocycles. The first-order valence-corrected chi connectivity index (χ1v) is 14.0. The first kappa shape index (κ1) is 29.1. The van der Waals surface area contributed by atoms with Gasteiger partial charge in [-0.1, -0.05) is 121 Å². The number of carbonyl (C=O) groups is 1. The average molecular weight is 545 g/mol. The monoisotopic (exact) mass is 544 g/mol. The van der Waals surface area contributed by atoms with Crippen LogP contribution in [0.5, 0.6) is 0 Å².